The van der Waals surface area contributed by atoms with Crippen molar-refractivity contribution in [1.29, 1.82) is 0 Å². The number of carbonyl (C=O) groups is 1. The summed E-state index contributed by atoms with van der Waals surface area (Å²) < 4.78 is 46.8. The molecule has 1 atom stereocenters. The van der Waals surface area contributed by atoms with Crippen LogP contribution in [0.15, 0.2) is 48.5 Å². The van der Waals surface area contributed by atoms with E-state index in [1.54, 1.807) is 12.1 Å². The molecule has 5 rings (SSSR count). The van der Waals surface area contributed by atoms with Crippen molar-refractivity contribution in [3.8, 4) is 34.1 Å². The third kappa shape index (κ3) is 7.45. The Hall–Kier alpha value is -3.43. The van der Waals surface area contributed by atoms with Crippen molar-refractivity contribution < 1.29 is 37.3 Å². The van der Waals surface area contributed by atoms with Crippen LogP contribution in [0.3, 0.4) is 0 Å². The summed E-state index contributed by atoms with van der Waals surface area (Å²) in [6.45, 7) is 2.82. The summed E-state index contributed by atoms with van der Waals surface area (Å²) in [7, 11) is -3.06. The highest BCUT2D eigenvalue weighted by molar-refractivity contribution is 7.90. The number of carboxylic acid groups (broad SMARTS) is 1. The lowest BCUT2D eigenvalue weighted by Gasteiger charge is -2.19. The molecule has 3 aromatic carbocycles. The maximum atomic E-state index is 11.5. The highest BCUT2D eigenvalue weighted by atomic mass is 35.5. The van der Waals surface area contributed by atoms with Crippen molar-refractivity contribution in [3.05, 3.63) is 70.2 Å². The molecule has 10 heteroatoms. The molecule has 1 aliphatic heterocycles. The summed E-state index contributed by atoms with van der Waals surface area (Å²) in [6.07, 6.45) is 3.74. The molecule has 0 radical (unpaired) electrons. The van der Waals surface area contributed by atoms with E-state index in [1.165, 1.54) is 6.26 Å². The predicted molar refractivity (Wildman–Crippen MR) is 156 cm³/mol. The molecule has 8 nitrogen and oxygen atoms in total. The van der Waals surface area contributed by atoms with E-state index in [0.29, 0.717) is 47.7 Å². The van der Waals surface area contributed by atoms with Crippen LogP contribution in [0, 0.1) is 6.92 Å². The molecule has 0 amide bonds. The van der Waals surface area contributed by atoms with E-state index in [-0.39, 0.29) is 30.8 Å². The van der Waals surface area contributed by atoms with Crippen molar-refractivity contribution in [2.75, 3.05) is 25.2 Å². The van der Waals surface area contributed by atoms with Crippen LogP contribution in [-0.2, 0) is 21.2 Å². The minimum absolute atomic E-state index is 0.0339. The molecule has 0 saturated heterocycles. The number of fused-ring (bicyclic) bond motifs is 1. The van der Waals surface area contributed by atoms with Gasteiger partial charge in [-0.05, 0) is 55.0 Å². The first-order chi connectivity index (χ1) is 19.6. The molecule has 0 bridgehead atoms. The Balaban J connectivity index is 1.33. The van der Waals surface area contributed by atoms with Crippen molar-refractivity contribution in [3.63, 3.8) is 0 Å². The van der Waals surface area contributed by atoms with E-state index >= 15 is 0 Å². The zero-order valence-electron chi connectivity index (χ0n) is 23.0. The number of ether oxygens (including phenoxy) is 4. The lowest BCUT2D eigenvalue weighted by Crippen LogP contribution is -2.09. The predicted octanol–water partition coefficient (Wildman–Crippen LogP) is 6.20. The number of hydrogen-bond acceptors (Lipinski definition) is 7. The van der Waals surface area contributed by atoms with Gasteiger partial charge in [0.05, 0.1) is 36.5 Å². The smallest absolute Gasteiger partial charge is 0.304 e. The fourth-order valence-corrected chi connectivity index (χ4v) is 5.72. The van der Waals surface area contributed by atoms with Gasteiger partial charge < -0.3 is 24.1 Å². The average Bonchev–Trinajstić information content (AvgIpc) is 3.66. The first-order valence-electron chi connectivity index (χ1n) is 13.6. The van der Waals surface area contributed by atoms with Gasteiger partial charge in [-0.25, -0.2) is 8.42 Å². The second-order valence-corrected chi connectivity index (χ2v) is 13.3. The van der Waals surface area contributed by atoms with E-state index in [4.69, 9.17) is 35.7 Å². The summed E-state index contributed by atoms with van der Waals surface area (Å²) in [5.41, 5.74) is 4.45. The molecule has 1 saturated carbocycles. The van der Waals surface area contributed by atoms with Crippen LogP contribution in [-0.4, -0.2) is 50.8 Å². The van der Waals surface area contributed by atoms with Crippen LogP contribution in [0.2, 0.25) is 5.02 Å². The van der Waals surface area contributed by atoms with E-state index in [1.807, 2.05) is 43.3 Å². The molecule has 2 aliphatic rings. The monoisotopic (exact) mass is 600 g/mol. The fraction of sp³-hybridized carbons (Fsp3) is 0.387. The molecule has 1 aliphatic carbocycles. The largest absolute Gasteiger partial charge is 0.492 e. The van der Waals surface area contributed by atoms with Crippen molar-refractivity contribution >= 4 is 27.4 Å². The Kier molecular flexibility index (Phi) is 8.66. The molecular formula is C31H33ClO8S. The zero-order chi connectivity index (χ0) is 29.1. The van der Waals surface area contributed by atoms with E-state index in [9.17, 15) is 13.2 Å². The summed E-state index contributed by atoms with van der Waals surface area (Å²) >= 11 is 6.74. The first-order valence-corrected chi connectivity index (χ1v) is 16.0. The molecule has 1 heterocycles. The van der Waals surface area contributed by atoms with Gasteiger partial charge >= 0.3 is 5.97 Å². The molecule has 218 valence electrons. The topological polar surface area (TPSA) is 108 Å². The minimum atomic E-state index is -3.06. The van der Waals surface area contributed by atoms with E-state index in [0.717, 1.165) is 40.7 Å². The third-order valence-electron chi connectivity index (χ3n) is 7.07. The molecule has 0 aromatic heterocycles. The lowest BCUT2D eigenvalue weighted by molar-refractivity contribution is -0.137. The number of sulfone groups is 1. The third-order valence-corrected chi connectivity index (χ3v) is 8.57. The Morgan fingerprint density at radius 3 is 2.63 bits per heavy atom. The first kappa shape index (κ1) is 29.1. The van der Waals surface area contributed by atoms with Crippen LogP contribution >= 0.6 is 11.6 Å². The fourth-order valence-electron chi connectivity index (χ4n) is 4.87. The second kappa shape index (κ2) is 12.2. The van der Waals surface area contributed by atoms with Gasteiger partial charge in [-0.15, -0.1) is 0 Å². The highest BCUT2D eigenvalue weighted by Gasteiger charge is 2.28. The summed E-state index contributed by atoms with van der Waals surface area (Å²) in [6, 6.07) is 15.3. The van der Waals surface area contributed by atoms with Crippen LogP contribution in [0.1, 0.15) is 48.3 Å². The second-order valence-electron chi connectivity index (χ2n) is 10.6. The molecule has 1 N–H and O–H groups in total. The summed E-state index contributed by atoms with van der Waals surface area (Å²) in [4.78, 5) is 11.1. The van der Waals surface area contributed by atoms with Gasteiger partial charge in [-0.1, -0.05) is 35.9 Å². The van der Waals surface area contributed by atoms with Crippen LogP contribution in [0.5, 0.6) is 23.0 Å². The Morgan fingerprint density at radius 2 is 1.90 bits per heavy atom. The number of benzene rings is 3. The van der Waals surface area contributed by atoms with Gasteiger partial charge in [-0.2, -0.15) is 0 Å². The minimum Gasteiger partial charge on any atom is -0.492 e. The number of carboxylic acids is 1. The van der Waals surface area contributed by atoms with Crippen LogP contribution in [0.4, 0.5) is 0 Å². The number of rotatable bonds is 13. The highest BCUT2D eigenvalue weighted by Crippen LogP contribution is 2.45. The van der Waals surface area contributed by atoms with Crippen LogP contribution < -0.4 is 18.9 Å². The Labute approximate surface area is 245 Å². The summed E-state index contributed by atoms with van der Waals surface area (Å²) in [5.74, 6) is 1.50. The van der Waals surface area contributed by atoms with Gasteiger partial charge in [0.25, 0.3) is 0 Å². The van der Waals surface area contributed by atoms with E-state index < -0.39 is 15.8 Å². The van der Waals surface area contributed by atoms with Gasteiger partial charge in [-0.3, -0.25) is 4.79 Å². The number of aliphatic carboxylic acids is 1. The van der Waals surface area contributed by atoms with Gasteiger partial charge in [0, 0.05) is 35.4 Å². The molecule has 0 spiro atoms. The van der Waals surface area contributed by atoms with Gasteiger partial charge in [0.1, 0.15) is 39.4 Å². The summed E-state index contributed by atoms with van der Waals surface area (Å²) in [5, 5.41) is 9.59. The van der Waals surface area contributed by atoms with Crippen molar-refractivity contribution in [2.24, 2.45) is 0 Å². The zero-order valence-corrected chi connectivity index (χ0v) is 24.6. The number of halogens is 1. The lowest BCUT2D eigenvalue weighted by atomic mass is 9.97. The van der Waals surface area contributed by atoms with Crippen LogP contribution in [0.25, 0.3) is 11.1 Å². The van der Waals surface area contributed by atoms with Gasteiger partial charge in [0.2, 0.25) is 0 Å². The van der Waals surface area contributed by atoms with Crippen molar-refractivity contribution in [2.45, 2.75) is 51.2 Å². The molecule has 41 heavy (non-hydrogen) atoms. The van der Waals surface area contributed by atoms with Gasteiger partial charge in [0.15, 0.2) is 0 Å². The molecule has 0 unspecified atom stereocenters. The average molecular weight is 601 g/mol. The normalized spacial score (nSPS) is 16.1. The molecule has 3 aromatic rings. The van der Waals surface area contributed by atoms with E-state index in [2.05, 4.69) is 0 Å². The SMILES string of the molecule is Cc1c(Cl)c(OCCCS(C)(=O)=O)cc(OC2CC2)c1-c1cccc(COc2ccc3c(c2)OC[C@H]3CC(=O)O)c1. The molecular weight excluding hydrogens is 568 g/mol. The number of hydrogen-bond donors (Lipinski definition) is 1. The maximum absolute atomic E-state index is 11.5. The van der Waals surface area contributed by atoms with Crippen molar-refractivity contribution in [1.82, 2.24) is 0 Å². The Morgan fingerprint density at radius 1 is 1.10 bits per heavy atom. The quantitative estimate of drug-likeness (QED) is 0.231. The Bertz CT molecular complexity index is 1550. The maximum Gasteiger partial charge on any atom is 0.304 e. The molecule has 1 fully saturated rings. The standard InChI is InChI=1S/C31H33ClO8S/c1-19-30(27(40-23-7-8-23)16-28(31(19)32)37-11-4-12-41(2,35)36)21-6-3-5-20(13-21)17-38-24-9-10-25-22(14-29(33)34)18-39-26(25)15-24/h3,5-6,9-10,13,15-16,22-23H,4,7-8,11-12,14,17-18H2,1-2H3,(H,33,34)/t22-/m1/s1.